The average Bonchev–Trinajstić information content (AvgIpc) is 2.71. The van der Waals surface area contributed by atoms with Gasteiger partial charge >= 0.3 is 0 Å². The minimum atomic E-state index is -0.180. The molecule has 146 valence electrons. The highest BCUT2D eigenvalue weighted by molar-refractivity contribution is 6.42. The Bertz CT molecular complexity index is 892. The van der Waals surface area contributed by atoms with E-state index < -0.39 is 0 Å². The smallest absolute Gasteiger partial charge is 0.253 e. The third-order valence-electron chi connectivity index (χ3n) is 4.58. The highest BCUT2D eigenvalue weighted by Crippen LogP contribution is 2.22. The fourth-order valence-electron chi connectivity index (χ4n) is 2.97. The van der Waals surface area contributed by atoms with Gasteiger partial charge in [0.05, 0.1) is 16.3 Å². The topological polar surface area (TPSA) is 61.8 Å². The third kappa shape index (κ3) is 5.25. The molecular formula is C20H18Cl3N3O2. The number of likely N-dealkylation sites (tertiary alicyclic amines) is 1. The number of hydrazone groups is 1. The lowest BCUT2D eigenvalue weighted by atomic mass is 9.95. The summed E-state index contributed by atoms with van der Waals surface area (Å²) >= 11 is 17.7. The first-order valence-electron chi connectivity index (χ1n) is 8.77. The van der Waals surface area contributed by atoms with Crippen LogP contribution in [0.15, 0.2) is 47.6 Å². The molecule has 0 aliphatic carbocycles. The van der Waals surface area contributed by atoms with E-state index in [2.05, 4.69) is 10.5 Å². The lowest BCUT2D eigenvalue weighted by Gasteiger charge is -2.31. The maximum atomic E-state index is 12.5. The number of halogens is 3. The average molecular weight is 439 g/mol. The minimum Gasteiger partial charge on any atom is -0.339 e. The van der Waals surface area contributed by atoms with Gasteiger partial charge < -0.3 is 4.90 Å². The molecule has 0 aromatic heterocycles. The van der Waals surface area contributed by atoms with Crippen molar-refractivity contribution in [3.05, 3.63) is 68.7 Å². The minimum absolute atomic E-state index is 0.0480. The van der Waals surface area contributed by atoms with Gasteiger partial charge in [-0.05, 0) is 54.8 Å². The summed E-state index contributed by atoms with van der Waals surface area (Å²) in [5.41, 5.74) is 3.88. The van der Waals surface area contributed by atoms with Gasteiger partial charge in [-0.3, -0.25) is 9.59 Å². The number of hydrogen-bond acceptors (Lipinski definition) is 3. The predicted molar refractivity (Wildman–Crippen MR) is 112 cm³/mol. The summed E-state index contributed by atoms with van der Waals surface area (Å²) in [5.74, 6) is -0.386. The number of amides is 2. The summed E-state index contributed by atoms with van der Waals surface area (Å²) < 4.78 is 0. The Morgan fingerprint density at radius 3 is 2.32 bits per heavy atom. The fourth-order valence-corrected chi connectivity index (χ4v) is 3.41. The van der Waals surface area contributed by atoms with Crippen LogP contribution in [0.4, 0.5) is 0 Å². The molecule has 0 spiro atoms. The summed E-state index contributed by atoms with van der Waals surface area (Å²) in [6.07, 6.45) is 2.69. The first-order valence-corrected chi connectivity index (χ1v) is 9.90. The lowest BCUT2D eigenvalue weighted by molar-refractivity contribution is -0.126. The summed E-state index contributed by atoms with van der Waals surface area (Å²) in [7, 11) is 0. The molecule has 0 radical (unpaired) electrons. The van der Waals surface area contributed by atoms with E-state index in [4.69, 9.17) is 34.8 Å². The number of carbonyl (C=O) groups is 2. The highest BCUT2D eigenvalue weighted by atomic mass is 35.5. The summed E-state index contributed by atoms with van der Waals surface area (Å²) in [5, 5.41) is 5.46. The Morgan fingerprint density at radius 2 is 1.68 bits per heavy atom. The molecule has 0 atom stereocenters. The number of benzene rings is 2. The van der Waals surface area contributed by atoms with Crippen LogP contribution in [0.2, 0.25) is 15.1 Å². The molecule has 1 heterocycles. The Balaban J connectivity index is 1.49. The van der Waals surface area contributed by atoms with Crippen LogP contribution in [-0.4, -0.2) is 36.0 Å². The molecule has 1 saturated heterocycles. The van der Waals surface area contributed by atoms with Crippen molar-refractivity contribution < 1.29 is 9.59 Å². The van der Waals surface area contributed by atoms with Crippen molar-refractivity contribution in [1.29, 1.82) is 0 Å². The monoisotopic (exact) mass is 437 g/mol. The molecule has 2 amide bonds. The Kier molecular flexibility index (Phi) is 6.94. The molecule has 1 N–H and O–H groups in total. The first-order chi connectivity index (χ1) is 13.4. The summed E-state index contributed by atoms with van der Waals surface area (Å²) in [6.45, 7) is 1.05. The summed E-state index contributed by atoms with van der Waals surface area (Å²) in [6, 6.07) is 11.9. The van der Waals surface area contributed by atoms with Crippen LogP contribution in [-0.2, 0) is 4.79 Å². The van der Waals surface area contributed by atoms with E-state index in [9.17, 15) is 9.59 Å². The van der Waals surface area contributed by atoms with Gasteiger partial charge in [0.2, 0.25) is 5.91 Å². The van der Waals surface area contributed by atoms with E-state index in [0.717, 1.165) is 5.56 Å². The second-order valence-electron chi connectivity index (χ2n) is 6.48. The van der Waals surface area contributed by atoms with Crippen LogP contribution in [0.1, 0.15) is 28.8 Å². The zero-order chi connectivity index (χ0) is 20.1. The van der Waals surface area contributed by atoms with Crippen molar-refractivity contribution >= 4 is 52.8 Å². The Hall–Kier alpha value is -2.08. The molecule has 5 nitrogen and oxygen atoms in total. The van der Waals surface area contributed by atoms with E-state index >= 15 is 0 Å². The van der Waals surface area contributed by atoms with E-state index in [1.54, 1.807) is 47.4 Å². The molecule has 0 bridgehead atoms. The number of hydrogen-bond donors (Lipinski definition) is 1. The molecule has 2 aromatic rings. The third-order valence-corrected chi connectivity index (χ3v) is 5.57. The SMILES string of the molecule is O=C(N/N=C\c1ccc(Cl)c(Cl)c1)C1CCN(C(=O)c2ccc(Cl)cc2)CC1. The van der Waals surface area contributed by atoms with Crippen LogP contribution >= 0.6 is 34.8 Å². The van der Waals surface area contributed by atoms with Gasteiger partial charge in [-0.2, -0.15) is 5.10 Å². The molecule has 0 unspecified atom stereocenters. The van der Waals surface area contributed by atoms with Gasteiger partial charge in [0.15, 0.2) is 0 Å². The van der Waals surface area contributed by atoms with E-state index in [-0.39, 0.29) is 17.7 Å². The second kappa shape index (κ2) is 9.41. The first kappa shape index (κ1) is 20.6. The standard InChI is InChI=1S/C20H18Cl3N3O2/c21-16-4-2-15(3-5-16)20(28)26-9-7-14(8-10-26)19(27)25-24-12-13-1-6-17(22)18(23)11-13/h1-6,11-12,14H,7-10H2,(H,25,27)/b24-12-. The maximum Gasteiger partial charge on any atom is 0.253 e. The predicted octanol–water partition coefficient (Wildman–Crippen LogP) is 4.65. The van der Waals surface area contributed by atoms with Crippen LogP contribution in [0.3, 0.4) is 0 Å². The van der Waals surface area contributed by atoms with Gasteiger partial charge in [-0.1, -0.05) is 40.9 Å². The fraction of sp³-hybridized carbons (Fsp3) is 0.250. The molecule has 28 heavy (non-hydrogen) atoms. The van der Waals surface area contributed by atoms with Crippen LogP contribution in [0.5, 0.6) is 0 Å². The van der Waals surface area contributed by atoms with Gasteiger partial charge in [0.25, 0.3) is 5.91 Å². The van der Waals surface area contributed by atoms with Gasteiger partial charge in [-0.15, -0.1) is 0 Å². The molecule has 1 aliphatic heterocycles. The van der Waals surface area contributed by atoms with E-state index in [0.29, 0.717) is 46.6 Å². The van der Waals surface area contributed by atoms with Crippen molar-refractivity contribution in [2.24, 2.45) is 11.0 Å². The molecule has 3 rings (SSSR count). The second-order valence-corrected chi connectivity index (χ2v) is 7.73. The Morgan fingerprint density at radius 1 is 1.00 bits per heavy atom. The number of rotatable bonds is 4. The van der Waals surface area contributed by atoms with Crippen molar-refractivity contribution in [2.75, 3.05) is 13.1 Å². The molecule has 0 saturated carbocycles. The quantitative estimate of drug-likeness (QED) is 0.558. The summed E-state index contributed by atoms with van der Waals surface area (Å²) in [4.78, 5) is 26.6. The normalized spacial score (nSPS) is 15.0. The molecule has 1 aliphatic rings. The molecular weight excluding hydrogens is 421 g/mol. The molecule has 2 aromatic carbocycles. The van der Waals surface area contributed by atoms with Gasteiger partial charge in [-0.25, -0.2) is 5.43 Å². The maximum absolute atomic E-state index is 12.5. The van der Waals surface area contributed by atoms with Crippen molar-refractivity contribution in [2.45, 2.75) is 12.8 Å². The van der Waals surface area contributed by atoms with E-state index in [1.807, 2.05) is 0 Å². The molecule has 8 heteroatoms. The van der Waals surface area contributed by atoms with Crippen molar-refractivity contribution in [1.82, 2.24) is 10.3 Å². The van der Waals surface area contributed by atoms with Crippen LogP contribution in [0, 0.1) is 5.92 Å². The van der Waals surface area contributed by atoms with Gasteiger partial charge in [0, 0.05) is 29.6 Å². The van der Waals surface area contributed by atoms with Crippen LogP contribution in [0.25, 0.3) is 0 Å². The lowest BCUT2D eigenvalue weighted by Crippen LogP contribution is -2.42. The van der Waals surface area contributed by atoms with Gasteiger partial charge in [0.1, 0.15) is 0 Å². The van der Waals surface area contributed by atoms with Crippen LogP contribution < -0.4 is 5.43 Å². The zero-order valence-corrected chi connectivity index (χ0v) is 17.1. The van der Waals surface area contributed by atoms with E-state index in [1.165, 1.54) is 6.21 Å². The number of piperidine rings is 1. The number of nitrogens with one attached hydrogen (secondary N) is 1. The molecule has 1 fully saturated rings. The highest BCUT2D eigenvalue weighted by Gasteiger charge is 2.27. The Labute approximate surface area is 178 Å². The van der Waals surface area contributed by atoms with Crippen molar-refractivity contribution in [3.63, 3.8) is 0 Å². The zero-order valence-electron chi connectivity index (χ0n) is 14.9. The van der Waals surface area contributed by atoms with Crippen molar-refractivity contribution in [3.8, 4) is 0 Å². The largest absolute Gasteiger partial charge is 0.339 e. The number of carbonyl (C=O) groups excluding carboxylic acids is 2. The number of nitrogens with zero attached hydrogens (tertiary/aromatic N) is 2.